The second-order valence-corrected chi connectivity index (χ2v) is 9.50. The zero-order chi connectivity index (χ0) is 22.6. The van der Waals surface area contributed by atoms with E-state index in [0.29, 0.717) is 30.3 Å². The summed E-state index contributed by atoms with van der Waals surface area (Å²) in [6, 6.07) is 20.9. The molecule has 0 saturated carbocycles. The first-order chi connectivity index (χ1) is 15.5. The Morgan fingerprint density at radius 3 is 2.66 bits per heavy atom. The summed E-state index contributed by atoms with van der Waals surface area (Å²) in [5.74, 6) is 0.185. The number of carbonyl (C=O) groups excluding carboxylic acids is 1. The lowest BCUT2D eigenvalue weighted by atomic mass is 10.0. The average molecular weight is 451 g/mol. The molecule has 1 aliphatic rings. The van der Waals surface area contributed by atoms with Crippen molar-refractivity contribution in [2.75, 3.05) is 22.8 Å². The summed E-state index contributed by atoms with van der Waals surface area (Å²) in [4.78, 5) is 13.0. The molecule has 0 aliphatic carbocycles. The lowest BCUT2D eigenvalue weighted by molar-refractivity contribution is 0.102. The van der Waals surface area contributed by atoms with Crippen LogP contribution in [-0.4, -0.2) is 27.5 Å². The molecule has 7 heteroatoms. The van der Waals surface area contributed by atoms with Crippen LogP contribution in [0.15, 0.2) is 77.7 Å². The first-order valence-corrected chi connectivity index (χ1v) is 12.2. The summed E-state index contributed by atoms with van der Waals surface area (Å²) in [5.41, 5.74) is 2.53. The molecule has 32 heavy (non-hydrogen) atoms. The molecule has 4 rings (SSSR count). The molecule has 0 saturated heterocycles. The molecule has 0 unspecified atom stereocenters. The zero-order valence-electron chi connectivity index (χ0n) is 18.0. The Kier molecular flexibility index (Phi) is 6.46. The number of ether oxygens (including phenoxy) is 1. The van der Waals surface area contributed by atoms with Crippen molar-refractivity contribution in [3.8, 4) is 5.75 Å². The summed E-state index contributed by atoms with van der Waals surface area (Å²) in [6.07, 6.45) is 2.46. The fraction of sp³-hybridized carbons (Fsp3) is 0.240. The third-order valence-corrected chi connectivity index (χ3v) is 7.16. The van der Waals surface area contributed by atoms with Gasteiger partial charge in [0.15, 0.2) is 0 Å². The molecule has 6 nitrogen and oxygen atoms in total. The molecular weight excluding hydrogens is 424 g/mol. The number of rotatable bonds is 7. The number of para-hydroxylation sites is 3. The van der Waals surface area contributed by atoms with Gasteiger partial charge < -0.3 is 10.1 Å². The maximum Gasteiger partial charge on any atom is 0.264 e. The smallest absolute Gasteiger partial charge is 0.264 e. The van der Waals surface area contributed by atoms with E-state index in [1.807, 2.05) is 43.3 Å². The summed E-state index contributed by atoms with van der Waals surface area (Å²) in [7, 11) is -3.80. The second-order valence-electron chi connectivity index (χ2n) is 7.64. The number of fused-ring (bicyclic) bond motifs is 1. The highest BCUT2D eigenvalue weighted by Gasteiger charge is 2.29. The minimum atomic E-state index is -3.80. The predicted molar refractivity (Wildman–Crippen MR) is 126 cm³/mol. The van der Waals surface area contributed by atoms with E-state index in [9.17, 15) is 13.2 Å². The van der Waals surface area contributed by atoms with Crippen LogP contribution in [0.2, 0.25) is 0 Å². The van der Waals surface area contributed by atoms with E-state index in [1.54, 1.807) is 24.3 Å². The maximum absolute atomic E-state index is 13.4. The first-order valence-electron chi connectivity index (χ1n) is 10.7. The third-order valence-electron chi connectivity index (χ3n) is 5.35. The second kappa shape index (κ2) is 9.44. The molecule has 1 heterocycles. The van der Waals surface area contributed by atoms with Gasteiger partial charge in [0.05, 0.1) is 22.9 Å². The molecule has 0 atom stereocenters. The van der Waals surface area contributed by atoms with Gasteiger partial charge in [-0.05, 0) is 61.2 Å². The Labute approximate surface area is 188 Å². The summed E-state index contributed by atoms with van der Waals surface area (Å²) >= 11 is 0. The van der Waals surface area contributed by atoms with Crippen LogP contribution in [0.25, 0.3) is 0 Å². The van der Waals surface area contributed by atoms with Gasteiger partial charge in [-0.1, -0.05) is 43.3 Å². The van der Waals surface area contributed by atoms with Crippen LogP contribution < -0.4 is 14.4 Å². The zero-order valence-corrected chi connectivity index (χ0v) is 18.8. The molecule has 0 spiro atoms. The van der Waals surface area contributed by atoms with Crippen molar-refractivity contribution in [3.63, 3.8) is 0 Å². The Morgan fingerprint density at radius 2 is 1.81 bits per heavy atom. The highest BCUT2D eigenvalue weighted by molar-refractivity contribution is 7.92. The Bertz CT molecular complexity index is 1220. The topological polar surface area (TPSA) is 75.7 Å². The van der Waals surface area contributed by atoms with Gasteiger partial charge in [-0.15, -0.1) is 0 Å². The first kappa shape index (κ1) is 21.9. The van der Waals surface area contributed by atoms with Crippen LogP contribution in [0.3, 0.4) is 0 Å². The number of sulfonamides is 1. The molecule has 0 bridgehead atoms. The van der Waals surface area contributed by atoms with Crippen LogP contribution in [0.4, 0.5) is 11.4 Å². The largest absolute Gasteiger partial charge is 0.491 e. The van der Waals surface area contributed by atoms with E-state index in [-0.39, 0.29) is 10.5 Å². The van der Waals surface area contributed by atoms with Gasteiger partial charge in [0.25, 0.3) is 15.9 Å². The lowest BCUT2D eigenvalue weighted by Gasteiger charge is -2.30. The maximum atomic E-state index is 13.4. The highest BCUT2D eigenvalue weighted by atomic mass is 32.2. The van der Waals surface area contributed by atoms with E-state index in [0.717, 1.165) is 24.8 Å². The van der Waals surface area contributed by atoms with E-state index < -0.39 is 15.9 Å². The van der Waals surface area contributed by atoms with Crippen LogP contribution in [0, 0.1) is 0 Å². The van der Waals surface area contributed by atoms with Crippen molar-refractivity contribution in [1.82, 2.24) is 0 Å². The summed E-state index contributed by atoms with van der Waals surface area (Å²) < 4.78 is 34.0. The molecule has 1 N–H and O–H groups in total. The molecule has 166 valence electrons. The van der Waals surface area contributed by atoms with Crippen LogP contribution >= 0.6 is 0 Å². The average Bonchev–Trinajstić information content (AvgIpc) is 2.83. The van der Waals surface area contributed by atoms with Crippen molar-refractivity contribution in [3.05, 3.63) is 83.9 Å². The van der Waals surface area contributed by atoms with Crippen molar-refractivity contribution in [2.24, 2.45) is 0 Å². The minimum Gasteiger partial charge on any atom is -0.491 e. The van der Waals surface area contributed by atoms with Gasteiger partial charge >= 0.3 is 0 Å². The van der Waals surface area contributed by atoms with E-state index >= 15 is 0 Å². The van der Waals surface area contributed by atoms with Gasteiger partial charge in [-0.3, -0.25) is 9.10 Å². The van der Waals surface area contributed by atoms with Gasteiger partial charge in [0.1, 0.15) is 5.75 Å². The number of anilines is 2. The Morgan fingerprint density at radius 1 is 1.03 bits per heavy atom. The predicted octanol–water partition coefficient (Wildman–Crippen LogP) is 4.87. The molecule has 0 radical (unpaired) electrons. The van der Waals surface area contributed by atoms with E-state index in [2.05, 4.69) is 5.32 Å². The molecule has 3 aromatic carbocycles. The van der Waals surface area contributed by atoms with Crippen LogP contribution in [-0.2, 0) is 16.4 Å². The number of carbonyl (C=O) groups is 1. The summed E-state index contributed by atoms with van der Waals surface area (Å²) in [5, 5.41) is 2.84. The third kappa shape index (κ3) is 4.48. The van der Waals surface area contributed by atoms with Crippen molar-refractivity contribution in [2.45, 2.75) is 31.1 Å². The van der Waals surface area contributed by atoms with Crippen LogP contribution in [0.1, 0.15) is 35.7 Å². The lowest BCUT2D eigenvalue weighted by Crippen LogP contribution is -2.35. The molecule has 0 aromatic heterocycles. The quantitative estimate of drug-likeness (QED) is 0.557. The van der Waals surface area contributed by atoms with Gasteiger partial charge in [-0.2, -0.15) is 0 Å². The van der Waals surface area contributed by atoms with E-state index in [4.69, 9.17) is 4.74 Å². The molecule has 3 aromatic rings. The minimum absolute atomic E-state index is 0.0948. The fourth-order valence-electron chi connectivity index (χ4n) is 3.78. The number of benzene rings is 3. The van der Waals surface area contributed by atoms with Crippen molar-refractivity contribution < 1.29 is 17.9 Å². The van der Waals surface area contributed by atoms with Gasteiger partial charge in [0, 0.05) is 12.1 Å². The molecule has 1 amide bonds. The number of aryl methyl sites for hydroxylation is 1. The highest BCUT2D eigenvalue weighted by Crippen LogP contribution is 2.32. The Balaban J connectivity index is 1.60. The fourth-order valence-corrected chi connectivity index (χ4v) is 5.36. The number of nitrogens with one attached hydrogen (secondary N) is 1. The Hall–Kier alpha value is -3.32. The van der Waals surface area contributed by atoms with Gasteiger partial charge in [-0.25, -0.2) is 8.42 Å². The molecular formula is C25H26N2O4S. The van der Waals surface area contributed by atoms with Crippen molar-refractivity contribution >= 4 is 27.3 Å². The number of hydrogen-bond donors (Lipinski definition) is 1. The summed E-state index contributed by atoms with van der Waals surface area (Å²) in [6.45, 7) is 2.96. The normalized spacial score (nSPS) is 13.3. The van der Waals surface area contributed by atoms with Crippen molar-refractivity contribution in [1.29, 1.82) is 0 Å². The monoisotopic (exact) mass is 450 g/mol. The van der Waals surface area contributed by atoms with Gasteiger partial charge in [0.2, 0.25) is 0 Å². The number of amides is 1. The standard InChI is InChI=1S/C25H26N2O4S/c1-2-17-31-24-15-6-4-13-22(24)26-25(28)20-10-7-12-21(18-20)32(29,30)27-16-8-11-19-9-3-5-14-23(19)27/h3-7,9-10,12-15,18H,2,8,11,16-17H2,1H3,(H,26,28). The molecule has 1 aliphatic heterocycles. The number of hydrogen-bond acceptors (Lipinski definition) is 4. The molecule has 0 fully saturated rings. The van der Waals surface area contributed by atoms with E-state index in [1.165, 1.54) is 16.4 Å². The number of nitrogens with zero attached hydrogens (tertiary/aromatic N) is 1. The van der Waals surface area contributed by atoms with Crippen LogP contribution in [0.5, 0.6) is 5.75 Å². The SMILES string of the molecule is CCCOc1ccccc1NC(=O)c1cccc(S(=O)(=O)N2CCCc3ccccc32)c1.